The van der Waals surface area contributed by atoms with Gasteiger partial charge in [-0.25, -0.2) is 0 Å². The van der Waals surface area contributed by atoms with E-state index >= 15 is 0 Å². The van der Waals surface area contributed by atoms with Crippen LogP contribution in [0.4, 0.5) is 11.4 Å². The highest BCUT2D eigenvalue weighted by molar-refractivity contribution is 5.50. The molecule has 2 aromatic carbocycles. The fourth-order valence-electron chi connectivity index (χ4n) is 1.94. The van der Waals surface area contributed by atoms with E-state index in [-0.39, 0.29) is 22.5 Å². The summed E-state index contributed by atoms with van der Waals surface area (Å²) in [6.07, 6.45) is -1.43. The SMILES string of the molecule is O=[N+]([O-])c1ccccc1C(O)c1ccccc1[N+](=O)[O-]. The molecule has 7 nitrogen and oxygen atoms in total. The third-order valence-electron chi connectivity index (χ3n) is 2.86. The molecular formula is C13H10N2O5. The number of aliphatic hydroxyl groups excluding tert-OH is 1. The second-order valence-electron chi connectivity index (χ2n) is 4.03. The van der Waals surface area contributed by atoms with Gasteiger partial charge in [0.25, 0.3) is 11.4 Å². The molecule has 0 bridgehead atoms. The summed E-state index contributed by atoms with van der Waals surface area (Å²) in [6, 6.07) is 11.2. The highest BCUT2D eigenvalue weighted by atomic mass is 16.6. The Balaban J connectivity index is 2.55. The summed E-state index contributed by atoms with van der Waals surface area (Å²) in [7, 11) is 0. The normalized spacial score (nSPS) is 10.5. The summed E-state index contributed by atoms with van der Waals surface area (Å²) in [5, 5.41) is 32.1. The molecule has 1 N–H and O–H groups in total. The van der Waals surface area contributed by atoms with Gasteiger partial charge in [0.1, 0.15) is 6.10 Å². The Morgan fingerprint density at radius 2 is 1.15 bits per heavy atom. The van der Waals surface area contributed by atoms with Gasteiger partial charge in [-0.2, -0.15) is 0 Å². The van der Waals surface area contributed by atoms with Crippen LogP contribution in [0.2, 0.25) is 0 Å². The van der Waals surface area contributed by atoms with Crippen LogP contribution in [0.25, 0.3) is 0 Å². The number of benzene rings is 2. The third kappa shape index (κ3) is 2.47. The molecule has 0 radical (unpaired) electrons. The van der Waals surface area contributed by atoms with Crippen molar-refractivity contribution >= 4 is 11.4 Å². The topological polar surface area (TPSA) is 107 Å². The predicted octanol–water partition coefficient (Wildman–Crippen LogP) is 2.58. The predicted molar refractivity (Wildman–Crippen MR) is 70.3 cm³/mol. The first-order valence-electron chi connectivity index (χ1n) is 5.67. The number of hydrogen-bond acceptors (Lipinski definition) is 5. The van der Waals surface area contributed by atoms with Crippen molar-refractivity contribution in [1.82, 2.24) is 0 Å². The molecule has 0 aliphatic rings. The minimum Gasteiger partial charge on any atom is -0.383 e. The maximum atomic E-state index is 10.9. The van der Waals surface area contributed by atoms with Crippen LogP contribution in [0.1, 0.15) is 17.2 Å². The number of rotatable bonds is 4. The molecule has 0 fully saturated rings. The minimum atomic E-state index is -1.43. The number of nitro groups is 2. The van der Waals surface area contributed by atoms with Crippen molar-refractivity contribution in [3.8, 4) is 0 Å². The van der Waals surface area contributed by atoms with E-state index in [1.54, 1.807) is 0 Å². The van der Waals surface area contributed by atoms with Gasteiger partial charge in [-0.15, -0.1) is 0 Å². The zero-order valence-electron chi connectivity index (χ0n) is 10.2. The number of para-hydroxylation sites is 2. The Hall–Kier alpha value is -2.80. The van der Waals surface area contributed by atoms with Crippen LogP contribution in [0, 0.1) is 20.2 Å². The zero-order valence-corrected chi connectivity index (χ0v) is 10.2. The number of hydrogen-bond donors (Lipinski definition) is 1. The van der Waals surface area contributed by atoms with Crippen LogP contribution in [-0.2, 0) is 0 Å². The van der Waals surface area contributed by atoms with E-state index in [1.165, 1.54) is 48.5 Å². The fraction of sp³-hybridized carbons (Fsp3) is 0.0769. The smallest absolute Gasteiger partial charge is 0.275 e. The lowest BCUT2D eigenvalue weighted by molar-refractivity contribution is -0.387. The Kier molecular flexibility index (Phi) is 3.72. The summed E-state index contributed by atoms with van der Waals surface area (Å²) in [6.45, 7) is 0. The summed E-state index contributed by atoms with van der Waals surface area (Å²) >= 11 is 0. The van der Waals surface area contributed by atoms with E-state index in [9.17, 15) is 25.3 Å². The number of aliphatic hydroxyl groups is 1. The van der Waals surface area contributed by atoms with E-state index in [0.29, 0.717) is 0 Å². The molecule has 0 heterocycles. The molecule has 0 aliphatic carbocycles. The Bertz CT molecular complexity index is 614. The van der Waals surface area contributed by atoms with E-state index in [0.717, 1.165) is 0 Å². The standard InChI is InChI=1S/C13H10N2O5/c16-13(9-5-1-3-7-11(9)14(17)18)10-6-2-4-8-12(10)15(19)20/h1-8,13,16H. The molecule has 0 saturated carbocycles. The van der Waals surface area contributed by atoms with Crippen molar-refractivity contribution in [2.24, 2.45) is 0 Å². The summed E-state index contributed by atoms with van der Waals surface area (Å²) in [4.78, 5) is 20.6. The first-order valence-corrected chi connectivity index (χ1v) is 5.67. The average Bonchev–Trinajstić information content (AvgIpc) is 2.46. The van der Waals surface area contributed by atoms with Crippen LogP contribution < -0.4 is 0 Å². The van der Waals surface area contributed by atoms with Crippen molar-refractivity contribution in [3.05, 3.63) is 79.9 Å². The molecule has 0 atom stereocenters. The van der Waals surface area contributed by atoms with Crippen LogP contribution in [0.5, 0.6) is 0 Å². The maximum Gasteiger partial charge on any atom is 0.275 e. The van der Waals surface area contributed by atoms with Crippen LogP contribution >= 0.6 is 0 Å². The van der Waals surface area contributed by atoms with Gasteiger partial charge in [-0.1, -0.05) is 24.3 Å². The van der Waals surface area contributed by atoms with Crippen molar-refractivity contribution in [2.75, 3.05) is 0 Å². The Morgan fingerprint density at radius 3 is 1.50 bits per heavy atom. The molecule has 0 aliphatic heterocycles. The first-order chi connectivity index (χ1) is 9.52. The summed E-state index contributed by atoms with van der Waals surface area (Å²) < 4.78 is 0. The van der Waals surface area contributed by atoms with E-state index < -0.39 is 16.0 Å². The van der Waals surface area contributed by atoms with Gasteiger partial charge in [0.05, 0.1) is 21.0 Å². The number of nitro benzene ring substituents is 2. The van der Waals surface area contributed by atoms with Crippen LogP contribution in [0.15, 0.2) is 48.5 Å². The Morgan fingerprint density at radius 1 is 0.800 bits per heavy atom. The van der Waals surface area contributed by atoms with Crippen molar-refractivity contribution in [3.63, 3.8) is 0 Å². The molecule has 0 unspecified atom stereocenters. The van der Waals surface area contributed by atoms with Gasteiger partial charge < -0.3 is 5.11 Å². The molecule has 102 valence electrons. The van der Waals surface area contributed by atoms with Crippen LogP contribution in [0.3, 0.4) is 0 Å². The lowest BCUT2D eigenvalue weighted by Crippen LogP contribution is -2.06. The van der Waals surface area contributed by atoms with Crippen molar-refractivity contribution < 1.29 is 15.0 Å². The summed E-state index contributed by atoms with van der Waals surface area (Å²) in [5.41, 5.74) is -0.519. The molecule has 0 saturated heterocycles. The minimum absolute atomic E-state index is 0.0202. The first kappa shape index (κ1) is 13.6. The molecule has 7 heteroatoms. The largest absolute Gasteiger partial charge is 0.383 e. The Labute approximate surface area is 113 Å². The highest BCUT2D eigenvalue weighted by Gasteiger charge is 2.26. The van der Waals surface area contributed by atoms with Gasteiger partial charge >= 0.3 is 0 Å². The van der Waals surface area contributed by atoms with Crippen molar-refractivity contribution in [2.45, 2.75) is 6.10 Å². The van der Waals surface area contributed by atoms with Crippen molar-refractivity contribution in [1.29, 1.82) is 0 Å². The van der Waals surface area contributed by atoms with E-state index in [1.807, 2.05) is 0 Å². The van der Waals surface area contributed by atoms with Crippen LogP contribution in [-0.4, -0.2) is 15.0 Å². The second kappa shape index (κ2) is 5.45. The highest BCUT2D eigenvalue weighted by Crippen LogP contribution is 2.33. The average molecular weight is 274 g/mol. The van der Waals surface area contributed by atoms with E-state index in [4.69, 9.17) is 0 Å². The molecule has 20 heavy (non-hydrogen) atoms. The molecule has 0 amide bonds. The van der Waals surface area contributed by atoms with Gasteiger partial charge in [-0.05, 0) is 12.1 Å². The zero-order chi connectivity index (χ0) is 14.7. The molecule has 2 aromatic rings. The fourth-order valence-corrected chi connectivity index (χ4v) is 1.94. The molecule has 2 rings (SSSR count). The van der Waals surface area contributed by atoms with Gasteiger partial charge in [0.2, 0.25) is 0 Å². The molecular weight excluding hydrogens is 264 g/mol. The molecule has 0 aromatic heterocycles. The lowest BCUT2D eigenvalue weighted by atomic mass is 9.98. The monoisotopic (exact) mass is 274 g/mol. The van der Waals surface area contributed by atoms with Gasteiger partial charge in [-0.3, -0.25) is 20.2 Å². The quantitative estimate of drug-likeness (QED) is 0.681. The van der Waals surface area contributed by atoms with E-state index in [2.05, 4.69) is 0 Å². The number of nitrogens with zero attached hydrogens (tertiary/aromatic N) is 2. The second-order valence-corrected chi connectivity index (χ2v) is 4.03. The van der Waals surface area contributed by atoms with Gasteiger partial charge in [0, 0.05) is 12.1 Å². The third-order valence-corrected chi connectivity index (χ3v) is 2.86. The summed E-state index contributed by atoms with van der Waals surface area (Å²) in [5.74, 6) is 0. The molecule has 0 spiro atoms. The van der Waals surface area contributed by atoms with Gasteiger partial charge in [0.15, 0.2) is 0 Å². The lowest BCUT2D eigenvalue weighted by Gasteiger charge is -2.11. The maximum absolute atomic E-state index is 10.9.